The number of hydrogen-bond acceptors (Lipinski definition) is 8. The minimum absolute atomic E-state index is 0.268. The molecule has 0 atom stereocenters. The van der Waals surface area contributed by atoms with Crippen molar-refractivity contribution in [2.75, 3.05) is 36.4 Å². The van der Waals surface area contributed by atoms with Gasteiger partial charge in [-0.2, -0.15) is 5.26 Å². The number of carbonyl (C=O) groups excluding carboxylic acids is 1. The Balaban J connectivity index is 1.64. The number of nitrogens with one attached hydrogen (secondary N) is 2. The van der Waals surface area contributed by atoms with E-state index in [0.29, 0.717) is 22.3 Å². The Morgan fingerprint density at radius 3 is 3.12 bits per heavy atom. The summed E-state index contributed by atoms with van der Waals surface area (Å²) in [6.07, 6.45) is 2.82. The molecule has 0 radical (unpaired) electrons. The number of carbonyl (C=O) groups is 1. The molecule has 4 rings (SSSR count). The first-order valence-corrected chi connectivity index (χ1v) is 10.1. The van der Waals surface area contributed by atoms with E-state index in [-0.39, 0.29) is 5.91 Å². The Labute approximate surface area is 158 Å². The summed E-state index contributed by atoms with van der Waals surface area (Å²) < 4.78 is 0. The van der Waals surface area contributed by atoms with Crippen LogP contribution in [0.2, 0.25) is 0 Å². The molecule has 1 fully saturated rings. The zero-order chi connectivity index (χ0) is 17.9. The second-order valence-electron chi connectivity index (χ2n) is 5.89. The molecule has 4 heterocycles. The molecule has 0 aromatic carbocycles. The van der Waals surface area contributed by atoms with Gasteiger partial charge in [0, 0.05) is 35.8 Å². The van der Waals surface area contributed by atoms with E-state index in [9.17, 15) is 4.79 Å². The van der Waals surface area contributed by atoms with Gasteiger partial charge in [-0.15, -0.1) is 22.7 Å². The van der Waals surface area contributed by atoms with Crippen LogP contribution in [0.1, 0.15) is 22.3 Å². The molecular formula is C17H16N6OS2. The van der Waals surface area contributed by atoms with E-state index in [1.165, 1.54) is 22.7 Å². The lowest BCUT2D eigenvalue weighted by Crippen LogP contribution is -2.28. The number of thiophene rings is 2. The van der Waals surface area contributed by atoms with Gasteiger partial charge in [0.25, 0.3) is 5.91 Å². The van der Waals surface area contributed by atoms with E-state index in [0.717, 1.165) is 43.2 Å². The monoisotopic (exact) mass is 384 g/mol. The quantitative estimate of drug-likeness (QED) is 0.721. The van der Waals surface area contributed by atoms with Gasteiger partial charge in [-0.05, 0) is 13.0 Å². The molecule has 0 unspecified atom stereocenters. The van der Waals surface area contributed by atoms with Gasteiger partial charge in [0.05, 0.1) is 23.0 Å². The maximum absolute atomic E-state index is 12.7. The third-order valence-corrected chi connectivity index (χ3v) is 5.83. The summed E-state index contributed by atoms with van der Waals surface area (Å²) >= 11 is 2.78. The SMILES string of the molecule is N#Cc1cscc1NC(=O)c1csc2ncc(N3CCCNCC3)nc12. The van der Waals surface area contributed by atoms with Crippen molar-refractivity contribution in [2.24, 2.45) is 0 Å². The minimum Gasteiger partial charge on any atom is -0.354 e. The van der Waals surface area contributed by atoms with E-state index < -0.39 is 0 Å². The molecule has 1 saturated heterocycles. The van der Waals surface area contributed by atoms with Crippen LogP contribution < -0.4 is 15.5 Å². The predicted octanol–water partition coefficient (Wildman–Crippen LogP) is 2.68. The Bertz CT molecular complexity index is 981. The number of rotatable bonds is 3. The highest BCUT2D eigenvalue weighted by atomic mass is 32.1. The van der Waals surface area contributed by atoms with Crippen molar-refractivity contribution >= 4 is 50.4 Å². The lowest BCUT2D eigenvalue weighted by molar-refractivity contribution is 0.102. The molecule has 132 valence electrons. The summed E-state index contributed by atoms with van der Waals surface area (Å²) in [6.45, 7) is 3.69. The maximum Gasteiger partial charge on any atom is 0.258 e. The summed E-state index contributed by atoms with van der Waals surface area (Å²) in [4.78, 5) is 24.8. The van der Waals surface area contributed by atoms with Crippen molar-refractivity contribution in [2.45, 2.75) is 6.42 Å². The van der Waals surface area contributed by atoms with E-state index in [1.807, 2.05) is 0 Å². The lowest BCUT2D eigenvalue weighted by atomic mass is 10.2. The minimum atomic E-state index is -0.268. The summed E-state index contributed by atoms with van der Waals surface area (Å²) in [5.41, 5.74) is 2.09. The number of fused-ring (bicyclic) bond motifs is 1. The van der Waals surface area contributed by atoms with E-state index in [4.69, 9.17) is 10.2 Å². The number of anilines is 2. The smallest absolute Gasteiger partial charge is 0.258 e. The summed E-state index contributed by atoms with van der Waals surface area (Å²) in [5, 5.41) is 20.5. The van der Waals surface area contributed by atoms with Crippen LogP contribution in [-0.2, 0) is 0 Å². The van der Waals surface area contributed by atoms with Crippen LogP contribution in [0.25, 0.3) is 10.3 Å². The Kier molecular flexibility index (Phi) is 4.79. The van der Waals surface area contributed by atoms with Crippen LogP contribution in [0.4, 0.5) is 11.5 Å². The first-order valence-electron chi connectivity index (χ1n) is 8.24. The zero-order valence-electron chi connectivity index (χ0n) is 13.9. The third kappa shape index (κ3) is 3.26. The van der Waals surface area contributed by atoms with Crippen LogP contribution >= 0.6 is 22.7 Å². The first kappa shape index (κ1) is 16.9. The molecular weight excluding hydrogens is 368 g/mol. The molecule has 1 aliphatic rings. The average Bonchev–Trinajstić information content (AvgIpc) is 3.19. The molecule has 7 nitrogen and oxygen atoms in total. The fourth-order valence-corrected chi connectivity index (χ4v) is 4.39. The molecule has 9 heteroatoms. The standard InChI is InChI=1S/C17H16N6OS2/c18-6-11-8-25-10-13(11)21-16(24)12-9-26-17-15(12)22-14(7-20-17)23-4-1-2-19-3-5-23/h7-10,19H,1-5H2,(H,21,24). The molecule has 1 aliphatic heterocycles. The third-order valence-electron chi connectivity index (χ3n) is 4.21. The van der Waals surface area contributed by atoms with Gasteiger partial charge in [0.2, 0.25) is 0 Å². The number of nitriles is 1. The fourth-order valence-electron chi connectivity index (χ4n) is 2.86. The summed E-state index contributed by atoms with van der Waals surface area (Å²) in [6, 6.07) is 2.08. The Morgan fingerprint density at radius 2 is 2.23 bits per heavy atom. The van der Waals surface area contributed by atoms with Gasteiger partial charge in [-0.25, -0.2) is 9.97 Å². The van der Waals surface area contributed by atoms with E-state index in [2.05, 4.69) is 26.6 Å². The molecule has 0 aliphatic carbocycles. The van der Waals surface area contributed by atoms with Crippen molar-refractivity contribution in [3.63, 3.8) is 0 Å². The highest BCUT2D eigenvalue weighted by molar-refractivity contribution is 7.17. The van der Waals surface area contributed by atoms with Crippen molar-refractivity contribution in [3.05, 3.63) is 33.5 Å². The highest BCUT2D eigenvalue weighted by Crippen LogP contribution is 2.27. The lowest BCUT2D eigenvalue weighted by Gasteiger charge is -2.20. The van der Waals surface area contributed by atoms with Crippen molar-refractivity contribution in [3.8, 4) is 6.07 Å². The van der Waals surface area contributed by atoms with Gasteiger partial charge in [-0.3, -0.25) is 4.79 Å². The molecule has 3 aromatic rings. The Hall–Kier alpha value is -2.54. The largest absolute Gasteiger partial charge is 0.354 e. The van der Waals surface area contributed by atoms with E-state index in [1.54, 1.807) is 22.3 Å². The molecule has 26 heavy (non-hydrogen) atoms. The molecule has 1 amide bonds. The highest BCUT2D eigenvalue weighted by Gasteiger charge is 2.19. The number of aromatic nitrogens is 2. The molecule has 0 spiro atoms. The van der Waals surface area contributed by atoms with Crippen LogP contribution in [0.3, 0.4) is 0 Å². The predicted molar refractivity (Wildman–Crippen MR) is 104 cm³/mol. The van der Waals surface area contributed by atoms with Crippen molar-refractivity contribution in [1.29, 1.82) is 5.26 Å². The van der Waals surface area contributed by atoms with Gasteiger partial charge < -0.3 is 15.5 Å². The second-order valence-corrected chi connectivity index (χ2v) is 7.49. The van der Waals surface area contributed by atoms with Gasteiger partial charge in [0.15, 0.2) is 0 Å². The number of amides is 1. The summed E-state index contributed by atoms with van der Waals surface area (Å²) in [5.74, 6) is 0.525. The maximum atomic E-state index is 12.7. The zero-order valence-corrected chi connectivity index (χ0v) is 15.5. The Morgan fingerprint density at radius 1 is 1.31 bits per heavy atom. The van der Waals surface area contributed by atoms with Crippen LogP contribution in [0.5, 0.6) is 0 Å². The molecule has 2 N–H and O–H groups in total. The summed E-state index contributed by atoms with van der Waals surface area (Å²) in [7, 11) is 0. The number of nitrogens with zero attached hydrogens (tertiary/aromatic N) is 4. The van der Waals surface area contributed by atoms with Gasteiger partial charge in [0.1, 0.15) is 22.2 Å². The first-order chi connectivity index (χ1) is 12.8. The fraction of sp³-hybridized carbons (Fsp3) is 0.294. The second kappa shape index (κ2) is 7.37. The van der Waals surface area contributed by atoms with Gasteiger partial charge >= 0.3 is 0 Å². The molecule has 0 bridgehead atoms. The topological polar surface area (TPSA) is 93.9 Å². The molecule has 3 aromatic heterocycles. The normalized spacial score (nSPS) is 14.8. The molecule has 0 saturated carbocycles. The van der Waals surface area contributed by atoms with Crippen LogP contribution in [0, 0.1) is 11.3 Å². The van der Waals surface area contributed by atoms with Crippen LogP contribution in [-0.4, -0.2) is 42.1 Å². The van der Waals surface area contributed by atoms with Crippen molar-refractivity contribution < 1.29 is 4.79 Å². The van der Waals surface area contributed by atoms with Gasteiger partial charge in [-0.1, -0.05) is 0 Å². The number of hydrogen-bond donors (Lipinski definition) is 2. The average molecular weight is 384 g/mol. The van der Waals surface area contributed by atoms with E-state index >= 15 is 0 Å². The van der Waals surface area contributed by atoms with Crippen LogP contribution in [0.15, 0.2) is 22.3 Å². The van der Waals surface area contributed by atoms with Crippen molar-refractivity contribution in [1.82, 2.24) is 15.3 Å².